The van der Waals surface area contributed by atoms with Gasteiger partial charge in [-0.2, -0.15) is 8.78 Å². The van der Waals surface area contributed by atoms with Gasteiger partial charge in [-0.25, -0.2) is 0 Å². The quantitative estimate of drug-likeness (QED) is 0.843. The number of benzene rings is 1. The van der Waals surface area contributed by atoms with Gasteiger partial charge in [0.05, 0.1) is 5.41 Å². The van der Waals surface area contributed by atoms with E-state index in [0.717, 1.165) is 5.56 Å². The fraction of sp³-hybridized carbons (Fsp3) is 0.429. The van der Waals surface area contributed by atoms with Gasteiger partial charge in [0.1, 0.15) is 5.75 Å². The second-order valence-corrected chi connectivity index (χ2v) is 5.14. The summed E-state index contributed by atoms with van der Waals surface area (Å²) in [5.41, 5.74) is 0.217. The third kappa shape index (κ3) is 3.31. The van der Waals surface area contributed by atoms with Crippen LogP contribution in [0.1, 0.15) is 25.3 Å². The highest BCUT2D eigenvalue weighted by atomic mass is 19.3. The largest absolute Gasteiger partial charge is 0.435 e. The molecule has 1 aromatic rings. The monoisotopic (exact) mass is 283 g/mol. The van der Waals surface area contributed by atoms with Crippen LogP contribution in [0.5, 0.6) is 5.75 Å². The smallest absolute Gasteiger partial charge is 0.387 e. The van der Waals surface area contributed by atoms with Crippen LogP contribution in [0.25, 0.3) is 0 Å². The highest BCUT2D eigenvalue weighted by Gasteiger charge is 2.41. The van der Waals surface area contributed by atoms with E-state index in [0.29, 0.717) is 12.8 Å². The van der Waals surface area contributed by atoms with E-state index < -0.39 is 12.0 Å². The normalized spacial score (nSPS) is 22.2. The summed E-state index contributed by atoms with van der Waals surface area (Å²) in [7, 11) is 0. The summed E-state index contributed by atoms with van der Waals surface area (Å²) < 4.78 is 28.3. The topological polar surface area (TPSA) is 55.4 Å². The molecule has 1 fully saturated rings. The van der Waals surface area contributed by atoms with E-state index in [1.54, 1.807) is 19.1 Å². The Morgan fingerprint density at radius 3 is 2.45 bits per heavy atom. The van der Waals surface area contributed by atoms with Crippen LogP contribution in [-0.2, 0) is 16.0 Å². The third-order valence-electron chi connectivity index (χ3n) is 3.47. The van der Waals surface area contributed by atoms with Crippen LogP contribution in [0.2, 0.25) is 0 Å². The van der Waals surface area contributed by atoms with E-state index in [2.05, 4.69) is 10.1 Å². The van der Waals surface area contributed by atoms with Crippen molar-refractivity contribution < 1.29 is 23.1 Å². The number of amides is 2. The second-order valence-electron chi connectivity index (χ2n) is 5.14. The molecule has 4 nitrogen and oxygen atoms in total. The minimum Gasteiger partial charge on any atom is -0.435 e. The van der Waals surface area contributed by atoms with Crippen molar-refractivity contribution in [1.82, 2.24) is 5.32 Å². The lowest BCUT2D eigenvalue weighted by Crippen LogP contribution is -2.29. The lowest BCUT2D eigenvalue weighted by molar-refractivity contribution is -0.128. The first kappa shape index (κ1) is 14.4. The van der Waals surface area contributed by atoms with Gasteiger partial charge in [0.2, 0.25) is 11.8 Å². The predicted octanol–water partition coefficient (Wildman–Crippen LogP) is 2.27. The summed E-state index contributed by atoms with van der Waals surface area (Å²) in [4.78, 5) is 22.9. The zero-order valence-electron chi connectivity index (χ0n) is 11.0. The number of aryl methyl sites for hydroxylation is 1. The van der Waals surface area contributed by atoms with Gasteiger partial charge >= 0.3 is 6.61 Å². The van der Waals surface area contributed by atoms with Gasteiger partial charge in [-0.05, 0) is 30.5 Å². The maximum absolute atomic E-state index is 12.0. The molecule has 0 bridgehead atoms. The Kier molecular flexibility index (Phi) is 4.01. The van der Waals surface area contributed by atoms with Crippen LogP contribution < -0.4 is 10.1 Å². The highest BCUT2D eigenvalue weighted by Crippen LogP contribution is 2.32. The number of nitrogens with one attached hydrogen (secondary N) is 1. The molecule has 1 atom stereocenters. The van der Waals surface area contributed by atoms with Gasteiger partial charge in [0, 0.05) is 6.42 Å². The first-order valence-electron chi connectivity index (χ1n) is 6.27. The first-order valence-corrected chi connectivity index (χ1v) is 6.27. The second kappa shape index (κ2) is 5.56. The Morgan fingerprint density at radius 1 is 1.30 bits per heavy atom. The van der Waals surface area contributed by atoms with Crippen molar-refractivity contribution in [3.05, 3.63) is 29.8 Å². The van der Waals surface area contributed by atoms with Crippen molar-refractivity contribution in [2.45, 2.75) is 32.8 Å². The summed E-state index contributed by atoms with van der Waals surface area (Å²) in [5, 5.41) is 2.29. The zero-order valence-corrected chi connectivity index (χ0v) is 11.0. The number of rotatable bonds is 5. The van der Waals surface area contributed by atoms with Crippen molar-refractivity contribution in [2.75, 3.05) is 0 Å². The summed E-state index contributed by atoms with van der Waals surface area (Å²) in [6, 6.07) is 6.28. The number of carbonyl (C=O) groups excluding carboxylic acids is 2. The molecule has 6 heteroatoms. The molecule has 1 N–H and O–H groups in total. The molecule has 1 unspecified atom stereocenters. The third-order valence-corrected chi connectivity index (χ3v) is 3.47. The number of halogens is 2. The van der Waals surface area contributed by atoms with Crippen LogP contribution in [0, 0.1) is 5.41 Å². The number of ether oxygens (including phenoxy) is 1. The van der Waals surface area contributed by atoms with Gasteiger partial charge in [-0.1, -0.05) is 19.1 Å². The fourth-order valence-corrected chi connectivity index (χ4v) is 2.22. The van der Waals surface area contributed by atoms with Gasteiger partial charge in [0.25, 0.3) is 0 Å². The van der Waals surface area contributed by atoms with E-state index in [1.165, 1.54) is 12.1 Å². The SMILES string of the molecule is CC1(CCc2ccc(OC(F)F)cc2)CC(=O)NC1=O. The number of alkyl halides is 2. The Morgan fingerprint density at radius 2 is 1.95 bits per heavy atom. The molecule has 0 saturated carbocycles. The van der Waals surface area contributed by atoms with Gasteiger partial charge in [-0.15, -0.1) is 0 Å². The van der Waals surface area contributed by atoms with Crippen molar-refractivity contribution in [3.8, 4) is 5.75 Å². The molecule has 20 heavy (non-hydrogen) atoms. The lowest BCUT2D eigenvalue weighted by atomic mass is 9.82. The molecule has 0 radical (unpaired) electrons. The van der Waals surface area contributed by atoms with Gasteiger partial charge < -0.3 is 4.74 Å². The number of imide groups is 1. The maximum Gasteiger partial charge on any atom is 0.387 e. The van der Waals surface area contributed by atoms with Gasteiger partial charge in [0.15, 0.2) is 0 Å². The molecule has 1 aliphatic heterocycles. The molecular formula is C14H15F2NO3. The lowest BCUT2D eigenvalue weighted by Gasteiger charge is -2.19. The number of hydrogen-bond donors (Lipinski definition) is 1. The molecular weight excluding hydrogens is 268 g/mol. The Balaban J connectivity index is 1.94. The number of hydrogen-bond acceptors (Lipinski definition) is 3. The molecule has 108 valence electrons. The average molecular weight is 283 g/mol. The molecule has 0 aliphatic carbocycles. The minimum atomic E-state index is -2.84. The molecule has 1 aromatic carbocycles. The first-order chi connectivity index (χ1) is 9.39. The Hall–Kier alpha value is -1.98. The van der Waals surface area contributed by atoms with Crippen LogP contribution in [0.4, 0.5) is 8.78 Å². The fourth-order valence-electron chi connectivity index (χ4n) is 2.22. The van der Waals surface area contributed by atoms with Crippen molar-refractivity contribution in [2.24, 2.45) is 5.41 Å². The Bertz CT molecular complexity index is 516. The molecule has 0 spiro atoms. The number of carbonyl (C=O) groups is 2. The summed E-state index contributed by atoms with van der Waals surface area (Å²) in [6.45, 7) is -1.09. The van der Waals surface area contributed by atoms with Crippen LogP contribution >= 0.6 is 0 Å². The standard InChI is InChI=1S/C14H15F2NO3/c1-14(8-11(18)17-12(14)19)7-6-9-2-4-10(5-3-9)20-13(15)16/h2-5,13H,6-8H2,1H3,(H,17,18,19). The molecule has 2 amide bonds. The molecule has 1 heterocycles. The summed E-state index contributed by atoms with van der Waals surface area (Å²) in [5.74, 6) is -0.401. The molecule has 1 saturated heterocycles. The van der Waals surface area contributed by atoms with Crippen LogP contribution in [0.3, 0.4) is 0 Å². The van der Waals surface area contributed by atoms with E-state index in [-0.39, 0.29) is 24.0 Å². The summed E-state index contributed by atoms with van der Waals surface area (Å²) >= 11 is 0. The molecule has 1 aliphatic rings. The molecule has 2 rings (SSSR count). The predicted molar refractivity (Wildman–Crippen MR) is 67.3 cm³/mol. The zero-order chi connectivity index (χ0) is 14.8. The highest BCUT2D eigenvalue weighted by molar-refractivity contribution is 6.05. The van der Waals surface area contributed by atoms with Crippen LogP contribution in [-0.4, -0.2) is 18.4 Å². The van der Waals surface area contributed by atoms with E-state index >= 15 is 0 Å². The average Bonchev–Trinajstić information content (AvgIpc) is 2.62. The Labute approximate surface area is 115 Å². The molecule has 0 aromatic heterocycles. The summed E-state index contributed by atoms with van der Waals surface area (Å²) in [6.07, 6.45) is 1.31. The van der Waals surface area contributed by atoms with Crippen molar-refractivity contribution in [1.29, 1.82) is 0 Å². The van der Waals surface area contributed by atoms with Gasteiger partial charge in [-0.3, -0.25) is 14.9 Å². The van der Waals surface area contributed by atoms with Crippen molar-refractivity contribution >= 4 is 11.8 Å². The van der Waals surface area contributed by atoms with E-state index in [9.17, 15) is 18.4 Å². The van der Waals surface area contributed by atoms with Crippen molar-refractivity contribution in [3.63, 3.8) is 0 Å². The minimum absolute atomic E-state index is 0.101. The maximum atomic E-state index is 12.0. The van der Waals surface area contributed by atoms with E-state index in [4.69, 9.17) is 0 Å². The van der Waals surface area contributed by atoms with E-state index in [1.807, 2.05) is 0 Å². The van der Waals surface area contributed by atoms with Crippen LogP contribution in [0.15, 0.2) is 24.3 Å².